The van der Waals surface area contributed by atoms with Crippen LogP contribution in [0, 0.1) is 12.8 Å². The molecule has 3 N–H and O–H groups in total. The molecule has 0 spiro atoms. The van der Waals surface area contributed by atoms with Crippen LogP contribution in [0.25, 0.3) is 10.9 Å². The third-order valence-corrected chi connectivity index (χ3v) is 5.14. The fourth-order valence-corrected chi connectivity index (χ4v) is 3.57. The second kappa shape index (κ2) is 6.67. The summed E-state index contributed by atoms with van der Waals surface area (Å²) in [6.45, 7) is 4.58. The van der Waals surface area contributed by atoms with E-state index in [1.165, 1.54) is 10.9 Å². The van der Waals surface area contributed by atoms with Gasteiger partial charge in [0.1, 0.15) is 0 Å². The van der Waals surface area contributed by atoms with E-state index in [2.05, 4.69) is 30.1 Å². The van der Waals surface area contributed by atoms with E-state index < -0.39 is 0 Å². The molecule has 128 valence electrons. The topological polar surface area (TPSA) is 79.2 Å². The van der Waals surface area contributed by atoms with Gasteiger partial charge in [0.25, 0.3) is 0 Å². The highest BCUT2D eigenvalue weighted by molar-refractivity contribution is 5.85. The van der Waals surface area contributed by atoms with Crippen molar-refractivity contribution in [3.8, 4) is 0 Å². The first-order valence-corrected chi connectivity index (χ1v) is 8.61. The average Bonchev–Trinajstić information content (AvgIpc) is 2.95. The van der Waals surface area contributed by atoms with E-state index in [0.29, 0.717) is 19.4 Å². The van der Waals surface area contributed by atoms with Crippen LogP contribution in [-0.2, 0) is 16.0 Å². The fourth-order valence-electron chi connectivity index (χ4n) is 3.57. The minimum Gasteiger partial charge on any atom is -0.369 e. The average molecular weight is 327 g/mol. The standard InChI is InChI=1S/C19H25N3O2/c1-12-3-7-17-16(9-12)14(10-21-17)6-8-18(23)22-11-15(19(20)24)5-4-13(22)2/h3,7,9-10,13,15,21H,4-6,8,11H2,1-2H3,(H2,20,24). The maximum Gasteiger partial charge on any atom is 0.223 e. The molecular formula is C19H25N3O2. The Balaban J connectivity index is 1.67. The van der Waals surface area contributed by atoms with Crippen molar-refractivity contribution in [3.05, 3.63) is 35.5 Å². The molecule has 1 aliphatic rings. The molecule has 5 heteroatoms. The normalized spacial score (nSPS) is 21.2. The SMILES string of the molecule is Cc1ccc2[nH]cc(CCC(=O)N3CC(C(N)=O)CCC3C)c2c1. The number of benzene rings is 1. The number of H-pyrrole nitrogens is 1. The van der Waals surface area contributed by atoms with E-state index in [-0.39, 0.29) is 23.8 Å². The summed E-state index contributed by atoms with van der Waals surface area (Å²) in [5.74, 6) is -0.400. The molecule has 2 atom stereocenters. The summed E-state index contributed by atoms with van der Waals surface area (Å²) < 4.78 is 0. The van der Waals surface area contributed by atoms with Crippen molar-refractivity contribution in [2.45, 2.75) is 45.6 Å². The number of carbonyl (C=O) groups is 2. The summed E-state index contributed by atoms with van der Waals surface area (Å²) in [5, 5.41) is 1.18. The third kappa shape index (κ3) is 3.30. The number of fused-ring (bicyclic) bond motifs is 1. The summed E-state index contributed by atoms with van der Waals surface area (Å²) in [6.07, 6.45) is 4.76. The number of aromatic nitrogens is 1. The molecule has 5 nitrogen and oxygen atoms in total. The van der Waals surface area contributed by atoms with Gasteiger partial charge in [-0.15, -0.1) is 0 Å². The van der Waals surface area contributed by atoms with Crippen molar-refractivity contribution in [3.63, 3.8) is 0 Å². The van der Waals surface area contributed by atoms with E-state index in [1.807, 2.05) is 18.0 Å². The Labute approximate surface area is 142 Å². The molecule has 2 aromatic rings. The molecule has 1 fully saturated rings. The van der Waals surface area contributed by atoms with Gasteiger partial charge in [0.05, 0.1) is 5.92 Å². The lowest BCUT2D eigenvalue weighted by molar-refractivity contribution is -0.137. The summed E-state index contributed by atoms with van der Waals surface area (Å²) in [5.41, 5.74) is 8.90. The van der Waals surface area contributed by atoms with Crippen molar-refractivity contribution in [1.82, 2.24) is 9.88 Å². The van der Waals surface area contributed by atoms with Gasteiger partial charge in [0.2, 0.25) is 11.8 Å². The Bertz CT molecular complexity index is 765. The predicted octanol–water partition coefficient (Wildman–Crippen LogP) is 2.52. The van der Waals surface area contributed by atoms with Crippen LogP contribution in [0.3, 0.4) is 0 Å². The van der Waals surface area contributed by atoms with Crippen LogP contribution in [0.4, 0.5) is 0 Å². The zero-order valence-electron chi connectivity index (χ0n) is 14.3. The Morgan fingerprint density at radius 2 is 2.12 bits per heavy atom. The monoisotopic (exact) mass is 327 g/mol. The van der Waals surface area contributed by atoms with Crippen molar-refractivity contribution in [2.24, 2.45) is 11.7 Å². The zero-order valence-corrected chi connectivity index (χ0v) is 14.3. The summed E-state index contributed by atoms with van der Waals surface area (Å²) >= 11 is 0. The van der Waals surface area contributed by atoms with Crippen molar-refractivity contribution >= 4 is 22.7 Å². The van der Waals surface area contributed by atoms with Crippen LogP contribution < -0.4 is 5.73 Å². The van der Waals surface area contributed by atoms with Crippen LogP contribution in [-0.4, -0.2) is 34.3 Å². The Morgan fingerprint density at radius 3 is 2.88 bits per heavy atom. The number of nitrogens with one attached hydrogen (secondary N) is 1. The second-order valence-corrected chi connectivity index (χ2v) is 6.93. The molecule has 1 aliphatic heterocycles. The van der Waals surface area contributed by atoms with E-state index in [0.717, 1.165) is 23.9 Å². The third-order valence-electron chi connectivity index (χ3n) is 5.14. The van der Waals surface area contributed by atoms with Gasteiger partial charge < -0.3 is 15.6 Å². The minimum atomic E-state index is -0.299. The van der Waals surface area contributed by atoms with Crippen LogP contribution >= 0.6 is 0 Å². The van der Waals surface area contributed by atoms with Crippen LogP contribution in [0.15, 0.2) is 24.4 Å². The number of aromatic amines is 1. The van der Waals surface area contributed by atoms with Gasteiger partial charge in [-0.1, -0.05) is 11.6 Å². The van der Waals surface area contributed by atoms with Crippen LogP contribution in [0.5, 0.6) is 0 Å². The van der Waals surface area contributed by atoms with Crippen LogP contribution in [0.2, 0.25) is 0 Å². The van der Waals surface area contributed by atoms with Crippen molar-refractivity contribution in [2.75, 3.05) is 6.54 Å². The largest absolute Gasteiger partial charge is 0.369 e. The Kier molecular flexibility index (Phi) is 4.60. The summed E-state index contributed by atoms with van der Waals surface area (Å²) in [7, 11) is 0. The fraction of sp³-hybridized carbons (Fsp3) is 0.474. The molecule has 2 amide bonds. The number of nitrogens with zero attached hydrogens (tertiary/aromatic N) is 1. The van der Waals surface area contributed by atoms with E-state index in [1.54, 1.807) is 0 Å². The molecular weight excluding hydrogens is 302 g/mol. The van der Waals surface area contributed by atoms with E-state index in [9.17, 15) is 9.59 Å². The molecule has 1 aromatic carbocycles. The second-order valence-electron chi connectivity index (χ2n) is 6.93. The zero-order chi connectivity index (χ0) is 17.3. The van der Waals surface area contributed by atoms with Gasteiger partial charge in [-0.25, -0.2) is 0 Å². The minimum absolute atomic E-state index is 0.107. The number of primary amides is 1. The molecule has 2 unspecified atom stereocenters. The Morgan fingerprint density at radius 1 is 1.33 bits per heavy atom. The van der Waals surface area contributed by atoms with Crippen molar-refractivity contribution < 1.29 is 9.59 Å². The smallest absolute Gasteiger partial charge is 0.223 e. The van der Waals surface area contributed by atoms with Gasteiger partial charge in [-0.2, -0.15) is 0 Å². The van der Waals surface area contributed by atoms with Gasteiger partial charge >= 0.3 is 0 Å². The molecule has 1 aromatic heterocycles. The highest BCUT2D eigenvalue weighted by Gasteiger charge is 2.31. The molecule has 0 radical (unpaired) electrons. The van der Waals surface area contributed by atoms with Crippen molar-refractivity contribution in [1.29, 1.82) is 0 Å². The molecule has 2 heterocycles. The predicted molar refractivity (Wildman–Crippen MR) is 94.5 cm³/mol. The number of hydrogen-bond donors (Lipinski definition) is 2. The van der Waals surface area contributed by atoms with E-state index >= 15 is 0 Å². The first kappa shape index (κ1) is 16.6. The summed E-state index contributed by atoms with van der Waals surface area (Å²) in [6, 6.07) is 6.48. The lowest BCUT2D eigenvalue weighted by atomic mass is 9.92. The first-order valence-electron chi connectivity index (χ1n) is 8.61. The number of rotatable bonds is 4. The number of aryl methyl sites for hydroxylation is 2. The quantitative estimate of drug-likeness (QED) is 0.905. The molecule has 0 saturated carbocycles. The van der Waals surface area contributed by atoms with E-state index in [4.69, 9.17) is 5.73 Å². The number of nitrogens with two attached hydrogens (primary N) is 1. The number of amides is 2. The number of hydrogen-bond acceptors (Lipinski definition) is 2. The maximum atomic E-state index is 12.6. The highest BCUT2D eigenvalue weighted by Crippen LogP contribution is 2.24. The molecule has 3 rings (SSSR count). The first-order chi connectivity index (χ1) is 11.5. The molecule has 1 saturated heterocycles. The molecule has 0 aliphatic carbocycles. The highest BCUT2D eigenvalue weighted by atomic mass is 16.2. The number of likely N-dealkylation sites (tertiary alicyclic amines) is 1. The maximum absolute atomic E-state index is 12.6. The van der Waals surface area contributed by atoms with Crippen LogP contribution in [0.1, 0.15) is 37.3 Å². The van der Waals surface area contributed by atoms with Gasteiger partial charge in [0, 0.05) is 36.1 Å². The van der Waals surface area contributed by atoms with Gasteiger partial charge in [0.15, 0.2) is 0 Å². The molecule has 0 bridgehead atoms. The number of carbonyl (C=O) groups excluding carboxylic acids is 2. The lowest BCUT2D eigenvalue weighted by Gasteiger charge is -2.37. The van der Waals surface area contributed by atoms with Gasteiger partial charge in [-0.3, -0.25) is 9.59 Å². The number of piperidine rings is 1. The summed E-state index contributed by atoms with van der Waals surface area (Å²) in [4.78, 5) is 29.2. The Hall–Kier alpha value is -2.30. The van der Waals surface area contributed by atoms with Gasteiger partial charge in [-0.05, 0) is 50.8 Å². The lowest BCUT2D eigenvalue weighted by Crippen LogP contribution is -2.48. The molecule has 24 heavy (non-hydrogen) atoms.